The van der Waals surface area contributed by atoms with Gasteiger partial charge in [0.1, 0.15) is 16.2 Å². The molecule has 3 aromatic rings. The summed E-state index contributed by atoms with van der Waals surface area (Å²) in [5, 5.41) is 17.1. The lowest BCUT2D eigenvalue weighted by atomic mass is 10.3. The van der Waals surface area contributed by atoms with Crippen LogP contribution in [0.4, 0.5) is 5.13 Å². The van der Waals surface area contributed by atoms with E-state index in [-0.39, 0.29) is 5.91 Å². The number of hydrogen-bond acceptors (Lipinski definition) is 7. The van der Waals surface area contributed by atoms with Gasteiger partial charge < -0.3 is 0 Å². The SMILES string of the molecule is O=C(Nc1nncs1)c1csc(-c2ccsc2)n1. The minimum atomic E-state index is -0.260. The van der Waals surface area contributed by atoms with Gasteiger partial charge in [0.2, 0.25) is 5.13 Å². The summed E-state index contributed by atoms with van der Waals surface area (Å²) in [6.07, 6.45) is 0. The summed E-state index contributed by atoms with van der Waals surface area (Å²) in [4.78, 5) is 16.2. The second kappa shape index (κ2) is 4.92. The molecular weight excluding hydrogens is 288 g/mol. The first-order chi connectivity index (χ1) is 8.83. The van der Waals surface area contributed by atoms with Crippen molar-refractivity contribution in [3.8, 4) is 10.6 Å². The molecule has 0 spiro atoms. The molecule has 0 fully saturated rings. The zero-order valence-corrected chi connectivity index (χ0v) is 11.3. The quantitative estimate of drug-likeness (QED) is 0.806. The second-order valence-electron chi connectivity index (χ2n) is 3.25. The highest BCUT2D eigenvalue weighted by molar-refractivity contribution is 7.14. The van der Waals surface area contributed by atoms with Gasteiger partial charge in [-0.1, -0.05) is 11.3 Å². The Kier molecular flexibility index (Phi) is 3.13. The van der Waals surface area contributed by atoms with Crippen molar-refractivity contribution < 1.29 is 4.79 Å². The van der Waals surface area contributed by atoms with Crippen molar-refractivity contribution in [3.05, 3.63) is 33.4 Å². The summed E-state index contributed by atoms with van der Waals surface area (Å²) in [6, 6.07) is 1.98. The maximum Gasteiger partial charge on any atom is 0.276 e. The molecule has 5 nitrogen and oxygen atoms in total. The van der Waals surface area contributed by atoms with Gasteiger partial charge in [-0.05, 0) is 11.4 Å². The van der Waals surface area contributed by atoms with E-state index in [1.54, 1.807) is 22.2 Å². The minimum absolute atomic E-state index is 0.260. The van der Waals surface area contributed by atoms with Crippen LogP contribution in [-0.2, 0) is 0 Å². The Hall–Kier alpha value is -1.64. The molecule has 3 heterocycles. The molecule has 90 valence electrons. The van der Waals surface area contributed by atoms with Crippen LogP contribution < -0.4 is 5.32 Å². The van der Waals surface area contributed by atoms with E-state index in [1.165, 1.54) is 22.7 Å². The van der Waals surface area contributed by atoms with Gasteiger partial charge in [0.15, 0.2) is 0 Å². The van der Waals surface area contributed by atoms with Crippen molar-refractivity contribution in [2.45, 2.75) is 0 Å². The number of aromatic nitrogens is 3. The van der Waals surface area contributed by atoms with E-state index in [1.807, 2.05) is 16.8 Å². The first-order valence-electron chi connectivity index (χ1n) is 4.88. The number of nitrogens with zero attached hydrogens (tertiary/aromatic N) is 3. The molecule has 0 radical (unpaired) electrons. The number of thiophene rings is 1. The molecule has 0 bridgehead atoms. The minimum Gasteiger partial charge on any atom is -0.295 e. The van der Waals surface area contributed by atoms with Gasteiger partial charge in [0, 0.05) is 16.3 Å². The van der Waals surface area contributed by atoms with E-state index in [0.717, 1.165) is 10.6 Å². The number of thiazole rings is 1. The summed E-state index contributed by atoms with van der Waals surface area (Å²) >= 11 is 4.33. The summed E-state index contributed by atoms with van der Waals surface area (Å²) in [5.74, 6) is -0.260. The average molecular weight is 294 g/mol. The number of anilines is 1. The molecular formula is C10H6N4OS3. The fourth-order valence-electron chi connectivity index (χ4n) is 1.29. The van der Waals surface area contributed by atoms with Gasteiger partial charge in [-0.3, -0.25) is 10.1 Å². The molecule has 0 aliphatic carbocycles. The van der Waals surface area contributed by atoms with Crippen LogP contribution in [0.3, 0.4) is 0 Å². The van der Waals surface area contributed by atoms with Crippen molar-refractivity contribution >= 4 is 45.0 Å². The van der Waals surface area contributed by atoms with Crippen molar-refractivity contribution in [2.24, 2.45) is 0 Å². The number of rotatable bonds is 3. The van der Waals surface area contributed by atoms with Crippen LogP contribution in [0.5, 0.6) is 0 Å². The van der Waals surface area contributed by atoms with Crippen LogP contribution in [0, 0.1) is 0 Å². The van der Waals surface area contributed by atoms with Crippen molar-refractivity contribution in [2.75, 3.05) is 5.32 Å². The molecule has 3 aromatic heterocycles. The molecule has 0 aromatic carbocycles. The molecule has 1 amide bonds. The Morgan fingerprint density at radius 1 is 1.28 bits per heavy atom. The lowest BCUT2D eigenvalue weighted by Crippen LogP contribution is -2.12. The Morgan fingerprint density at radius 3 is 2.94 bits per heavy atom. The van der Waals surface area contributed by atoms with Gasteiger partial charge >= 0.3 is 0 Å². The lowest BCUT2D eigenvalue weighted by molar-refractivity contribution is 0.102. The van der Waals surface area contributed by atoms with Crippen molar-refractivity contribution in [3.63, 3.8) is 0 Å². The number of amides is 1. The molecule has 0 aliphatic heterocycles. The molecule has 1 N–H and O–H groups in total. The molecule has 0 saturated carbocycles. The molecule has 0 saturated heterocycles. The van der Waals surface area contributed by atoms with Crippen molar-refractivity contribution in [1.29, 1.82) is 0 Å². The van der Waals surface area contributed by atoms with Gasteiger partial charge in [0.25, 0.3) is 5.91 Å². The van der Waals surface area contributed by atoms with Gasteiger partial charge in [-0.2, -0.15) is 11.3 Å². The number of nitrogens with one attached hydrogen (secondary N) is 1. The molecule has 18 heavy (non-hydrogen) atoms. The van der Waals surface area contributed by atoms with E-state index in [0.29, 0.717) is 10.8 Å². The largest absolute Gasteiger partial charge is 0.295 e. The molecule has 0 atom stereocenters. The monoisotopic (exact) mass is 294 g/mol. The first-order valence-corrected chi connectivity index (χ1v) is 7.59. The number of carbonyl (C=O) groups is 1. The maximum absolute atomic E-state index is 11.9. The Bertz CT molecular complexity index is 645. The normalized spacial score (nSPS) is 10.4. The fraction of sp³-hybridized carbons (Fsp3) is 0. The topological polar surface area (TPSA) is 67.8 Å². The van der Waals surface area contributed by atoms with Crippen molar-refractivity contribution in [1.82, 2.24) is 15.2 Å². The Morgan fingerprint density at radius 2 is 2.22 bits per heavy atom. The van der Waals surface area contributed by atoms with Gasteiger partial charge in [-0.25, -0.2) is 4.98 Å². The summed E-state index contributed by atoms with van der Waals surface area (Å²) in [7, 11) is 0. The second-order valence-corrected chi connectivity index (χ2v) is 5.72. The predicted octanol–water partition coefficient (Wildman–Crippen LogP) is 2.98. The highest BCUT2D eigenvalue weighted by Crippen LogP contribution is 2.26. The fourth-order valence-corrected chi connectivity index (χ4v) is 3.24. The standard InChI is InChI=1S/C10H6N4OS3/c15-8(13-10-14-11-5-18-10)7-4-17-9(12-7)6-1-2-16-3-6/h1-5H,(H,13,14,15). The van der Waals surface area contributed by atoms with E-state index in [4.69, 9.17) is 0 Å². The summed E-state index contributed by atoms with van der Waals surface area (Å²) in [5.41, 5.74) is 3.00. The van der Waals surface area contributed by atoms with Crippen LogP contribution in [0.15, 0.2) is 27.7 Å². The van der Waals surface area contributed by atoms with Crippen LogP contribution in [-0.4, -0.2) is 21.1 Å². The number of hydrogen-bond donors (Lipinski definition) is 1. The first kappa shape index (κ1) is 11.5. The highest BCUT2D eigenvalue weighted by Gasteiger charge is 2.13. The summed E-state index contributed by atoms with van der Waals surface area (Å²) < 4.78 is 0. The van der Waals surface area contributed by atoms with E-state index >= 15 is 0 Å². The Balaban J connectivity index is 1.79. The maximum atomic E-state index is 11.9. The van der Waals surface area contributed by atoms with E-state index in [9.17, 15) is 4.79 Å². The third-order valence-electron chi connectivity index (χ3n) is 2.09. The van der Waals surface area contributed by atoms with E-state index in [2.05, 4.69) is 20.5 Å². The molecule has 0 aliphatic rings. The average Bonchev–Trinajstić information content (AvgIpc) is 3.11. The smallest absolute Gasteiger partial charge is 0.276 e. The zero-order chi connectivity index (χ0) is 12.4. The number of carbonyl (C=O) groups excluding carboxylic acids is 1. The zero-order valence-electron chi connectivity index (χ0n) is 8.86. The third kappa shape index (κ3) is 2.30. The molecule has 0 unspecified atom stereocenters. The predicted molar refractivity (Wildman–Crippen MR) is 73.3 cm³/mol. The summed E-state index contributed by atoms with van der Waals surface area (Å²) in [6.45, 7) is 0. The molecule has 3 rings (SSSR count). The van der Waals surface area contributed by atoms with Crippen LogP contribution in [0.1, 0.15) is 10.5 Å². The highest BCUT2D eigenvalue weighted by atomic mass is 32.1. The van der Waals surface area contributed by atoms with E-state index < -0.39 is 0 Å². The third-order valence-corrected chi connectivity index (χ3v) is 4.27. The van der Waals surface area contributed by atoms with Gasteiger partial charge in [0.05, 0.1) is 0 Å². The van der Waals surface area contributed by atoms with Crippen LogP contribution >= 0.6 is 34.0 Å². The molecule has 8 heteroatoms. The van der Waals surface area contributed by atoms with Crippen LogP contribution in [0.2, 0.25) is 0 Å². The van der Waals surface area contributed by atoms with Gasteiger partial charge in [-0.15, -0.1) is 21.5 Å². The van der Waals surface area contributed by atoms with Crippen LogP contribution in [0.25, 0.3) is 10.6 Å². The Labute approximate surface area is 114 Å². The lowest BCUT2D eigenvalue weighted by Gasteiger charge is -1.95.